The highest BCUT2D eigenvalue weighted by Gasteiger charge is 2.22. The number of sulfonamides is 1. The summed E-state index contributed by atoms with van der Waals surface area (Å²) >= 11 is 0. The van der Waals surface area contributed by atoms with E-state index in [1.54, 1.807) is 13.8 Å². The summed E-state index contributed by atoms with van der Waals surface area (Å²) in [6, 6.07) is 5.69. The van der Waals surface area contributed by atoms with Gasteiger partial charge < -0.3 is 15.1 Å². The molecule has 0 fully saturated rings. The van der Waals surface area contributed by atoms with E-state index in [4.69, 9.17) is 10.2 Å². The number of rotatable bonds is 9. The summed E-state index contributed by atoms with van der Waals surface area (Å²) < 4.78 is 26.1. The van der Waals surface area contributed by atoms with Gasteiger partial charge in [-0.1, -0.05) is 13.8 Å². The van der Waals surface area contributed by atoms with Crippen LogP contribution >= 0.6 is 0 Å². The van der Waals surface area contributed by atoms with Gasteiger partial charge in [0.05, 0.1) is 18.1 Å². The van der Waals surface area contributed by atoms with Crippen molar-refractivity contribution in [1.82, 2.24) is 9.21 Å². The van der Waals surface area contributed by atoms with E-state index in [0.717, 1.165) is 0 Å². The maximum atomic E-state index is 12.4. The van der Waals surface area contributed by atoms with Crippen LogP contribution in [0.5, 0.6) is 0 Å². The molecule has 0 aliphatic carbocycles. The van der Waals surface area contributed by atoms with Gasteiger partial charge in [0.1, 0.15) is 0 Å². The van der Waals surface area contributed by atoms with Gasteiger partial charge >= 0.3 is 0 Å². The standard InChI is InChI=1S/C15H24N2O5S/c1-3-17(4-2)23(21,22)14-7-5-13(6-8-14)15(20)16(9-11-18)10-12-19/h5-8,18-19H,3-4,9-12H2,1-2H3. The van der Waals surface area contributed by atoms with E-state index in [0.29, 0.717) is 18.7 Å². The van der Waals surface area contributed by atoms with Crippen molar-refractivity contribution in [2.24, 2.45) is 0 Å². The second-order valence-electron chi connectivity index (χ2n) is 4.85. The molecular weight excluding hydrogens is 320 g/mol. The quantitative estimate of drug-likeness (QED) is 0.664. The van der Waals surface area contributed by atoms with E-state index in [9.17, 15) is 13.2 Å². The molecule has 0 bridgehead atoms. The number of aliphatic hydroxyl groups is 2. The number of carbonyl (C=O) groups is 1. The topological polar surface area (TPSA) is 98.2 Å². The fourth-order valence-corrected chi connectivity index (χ4v) is 3.68. The molecule has 0 aliphatic rings. The summed E-state index contributed by atoms with van der Waals surface area (Å²) in [5.41, 5.74) is 0.311. The van der Waals surface area contributed by atoms with Gasteiger partial charge in [-0.2, -0.15) is 4.31 Å². The molecule has 0 unspecified atom stereocenters. The van der Waals surface area contributed by atoms with Crippen molar-refractivity contribution in [3.63, 3.8) is 0 Å². The first-order chi connectivity index (χ1) is 10.9. The zero-order chi connectivity index (χ0) is 17.5. The summed E-state index contributed by atoms with van der Waals surface area (Å²) in [4.78, 5) is 13.7. The number of amides is 1. The van der Waals surface area contributed by atoms with Crippen LogP contribution in [0.3, 0.4) is 0 Å². The Hall–Kier alpha value is -1.48. The van der Waals surface area contributed by atoms with E-state index in [-0.39, 0.29) is 37.1 Å². The van der Waals surface area contributed by atoms with Gasteiger partial charge in [0, 0.05) is 31.7 Å². The molecule has 1 aromatic carbocycles. The van der Waals surface area contributed by atoms with Crippen LogP contribution in [0.1, 0.15) is 24.2 Å². The molecule has 0 aromatic heterocycles. The molecule has 0 aliphatic heterocycles. The fraction of sp³-hybridized carbons (Fsp3) is 0.533. The van der Waals surface area contributed by atoms with E-state index in [1.807, 2.05) is 0 Å². The third kappa shape index (κ3) is 4.74. The van der Waals surface area contributed by atoms with Gasteiger partial charge in [-0.3, -0.25) is 4.79 Å². The zero-order valence-corrected chi connectivity index (χ0v) is 14.3. The van der Waals surface area contributed by atoms with Crippen LogP contribution in [0.2, 0.25) is 0 Å². The second kappa shape index (κ2) is 8.97. The molecule has 0 heterocycles. The van der Waals surface area contributed by atoms with Crippen molar-refractivity contribution in [1.29, 1.82) is 0 Å². The minimum Gasteiger partial charge on any atom is -0.395 e. The van der Waals surface area contributed by atoms with Crippen molar-refractivity contribution in [2.45, 2.75) is 18.7 Å². The summed E-state index contributed by atoms with van der Waals surface area (Å²) in [7, 11) is -3.56. The van der Waals surface area contributed by atoms with Gasteiger partial charge in [0.15, 0.2) is 0 Å². The molecule has 8 heteroatoms. The highest BCUT2D eigenvalue weighted by Crippen LogP contribution is 2.17. The van der Waals surface area contributed by atoms with Crippen LogP contribution in [0, 0.1) is 0 Å². The van der Waals surface area contributed by atoms with Crippen molar-refractivity contribution < 1.29 is 23.4 Å². The van der Waals surface area contributed by atoms with Gasteiger partial charge in [0.25, 0.3) is 5.91 Å². The van der Waals surface area contributed by atoms with Gasteiger partial charge in [0.2, 0.25) is 10.0 Å². The van der Waals surface area contributed by atoms with Crippen LogP contribution in [-0.2, 0) is 10.0 Å². The lowest BCUT2D eigenvalue weighted by atomic mass is 10.2. The third-order valence-electron chi connectivity index (χ3n) is 3.47. The summed E-state index contributed by atoms with van der Waals surface area (Å²) in [5, 5.41) is 17.9. The molecule has 0 spiro atoms. The first kappa shape index (κ1) is 19.6. The molecule has 1 rings (SSSR count). The number of hydrogen-bond acceptors (Lipinski definition) is 5. The van der Waals surface area contributed by atoms with Crippen molar-refractivity contribution in [3.8, 4) is 0 Å². The normalized spacial score (nSPS) is 11.7. The molecule has 7 nitrogen and oxygen atoms in total. The maximum Gasteiger partial charge on any atom is 0.254 e. The summed E-state index contributed by atoms with van der Waals surface area (Å²) in [6.07, 6.45) is 0. The Bertz CT molecular complexity index is 591. The van der Waals surface area contributed by atoms with Gasteiger partial charge in [-0.25, -0.2) is 8.42 Å². The van der Waals surface area contributed by atoms with Crippen LogP contribution in [0.25, 0.3) is 0 Å². The minimum absolute atomic E-state index is 0.110. The van der Waals surface area contributed by atoms with Crippen LogP contribution in [0.4, 0.5) is 0 Å². The third-order valence-corrected chi connectivity index (χ3v) is 5.54. The molecule has 0 saturated heterocycles. The predicted octanol–water partition coefficient (Wildman–Crippen LogP) is 0.144. The number of benzene rings is 1. The van der Waals surface area contributed by atoms with Gasteiger partial charge in [-0.15, -0.1) is 0 Å². The summed E-state index contributed by atoms with van der Waals surface area (Å²) in [5.74, 6) is -0.361. The highest BCUT2D eigenvalue weighted by molar-refractivity contribution is 7.89. The molecule has 130 valence electrons. The maximum absolute atomic E-state index is 12.4. The lowest BCUT2D eigenvalue weighted by molar-refractivity contribution is 0.0684. The molecule has 1 amide bonds. The Morgan fingerprint density at radius 1 is 1.00 bits per heavy atom. The van der Waals surface area contributed by atoms with E-state index >= 15 is 0 Å². The monoisotopic (exact) mass is 344 g/mol. The molecule has 0 saturated carbocycles. The molecular formula is C15H24N2O5S. The Kier molecular flexibility index (Phi) is 7.63. The number of carbonyl (C=O) groups excluding carboxylic acids is 1. The fourth-order valence-electron chi connectivity index (χ4n) is 2.22. The average molecular weight is 344 g/mol. The number of nitrogens with zero attached hydrogens (tertiary/aromatic N) is 2. The first-order valence-electron chi connectivity index (χ1n) is 7.53. The smallest absolute Gasteiger partial charge is 0.254 e. The average Bonchev–Trinajstić information content (AvgIpc) is 2.55. The predicted molar refractivity (Wildman–Crippen MR) is 86.6 cm³/mol. The highest BCUT2D eigenvalue weighted by atomic mass is 32.2. The molecule has 0 atom stereocenters. The van der Waals surface area contributed by atoms with E-state index in [2.05, 4.69) is 0 Å². The largest absolute Gasteiger partial charge is 0.395 e. The number of aliphatic hydroxyl groups excluding tert-OH is 2. The second-order valence-corrected chi connectivity index (χ2v) is 6.79. The molecule has 0 radical (unpaired) electrons. The first-order valence-corrected chi connectivity index (χ1v) is 8.97. The SMILES string of the molecule is CCN(CC)S(=O)(=O)c1ccc(C(=O)N(CCO)CCO)cc1. The van der Waals surface area contributed by atoms with E-state index in [1.165, 1.54) is 33.5 Å². The Morgan fingerprint density at radius 3 is 1.87 bits per heavy atom. The molecule has 1 aromatic rings. The molecule has 23 heavy (non-hydrogen) atoms. The zero-order valence-electron chi connectivity index (χ0n) is 13.5. The van der Waals surface area contributed by atoms with Crippen LogP contribution < -0.4 is 0 Å². The lowest BCUT2D eigenvalue weighted by Crippen LogP contribution is -2.36. The van der Waals surface area contributed by atoms with Crippen molar-refractivity contribution in [3.05, 3.63) is 29.8 Å². The van der Waals surface area contributed by atoms with Crippen LogP contribution in [-0.4, -0.2) is 73.1 Å². The lowest BCUT2D eigenvalue weighted by Gasteiger charge is -2.21. The molecule has 2 N–H and O–H groups in total. The van der Waals surface area contributed by atoms with Crippen molar-refractivity contribution in [2.75, 3.05) is 39.4 Å². The van der Waals surface area contributed by atoms with Crippen molar-refractivity contribution >= 4 is 15.9 Å². The Labute approximate surface area is 137 Å². The Balaban J connectivity index is 3.02. The summed E-state index contributed by atoms with van der Waals surface area (Å²) in [6.45, 7) is 4.08. The van der Waals surface area contributed by atoms with Gasteiger partial charge in [-0.05, 0) is 24.3 Å². The number of hydrogen-bond donors (Lipinski definition) is 2. The Morgan fingerprint density at radius 2 is 1.48 bits per heavy atom. The van der Waals surface area contributed by atoms with E-state index < -0.39 is 10.0 Å². The minimum atomic E-state index is -3.56. The van der Waals surface area contributed by atoms with Crippen LogP contribution in [0.15, 0.2) is 29.2 Å².